The zero-order valence-electron chi connectivity index (χ0n) is 8.69. The Morgan fingerprint density at radius 2 is 2.29 bits per heavy atom. The summed E-state index contributed by atoms with van der Waals surface area (Å²) in [5.74, 6) is -0.795. The number of carbonyl (C=O) groups excluding carboxylic acids is 1. The second kappa shape index (κ2) is 5.10. The predicted molar refractivity (Wildman–Crippen MR) is 53.5 cm³/mol. The van der Waals surface area contributed by atoms with Crippen LogP contribution < -0.4 is 10.6 Å². The minimum atomic E-state index is -0.657. The molecule has 80 valence electrons. The normalized spacial score (nSPS) is 20.6. The molecule has 2 N–H and O–H groups in total. The van der Waals surface area contributed by atoms with E-state index in [1.54, 1.807) is 13.8 Å². The molecule has 0 spiro atoms. The maximum Gasteiger partial charge on any atom is 0.279 e. The molecular formula is C10H17FN2O. The first kappa shape index (κ1) is 11.2. The van der Waals surface area contributed by atoms with Crippen molar-refractivity contribution in [2.75, 3.05) is 19.6 Å². The lowest BCUT2D eigenvalue weighted by Gasteiger charge is -2.09. The summed E-state index contributed by atoms with van der Waals surface area (Å²) >= 11 is 0. The Bertz CT molecular complexity index is 241. The molecule has 14 heavy (non-hydrogen) atoms. The first-order chi connectivity index (χ1) is 6.61. The first-order valence-corrected chi connectivity index (χ1v) is 4.93. The molecule has 1 fully saturated rings. The number of hydrogen-bond donors (Lipinski definition) is 2. The zero-order chi connectivity index (χ0) is 10.6. The van der Waals surface area contributed by atoms with Gasteiger partial charge in [-0.05, 0) is 44.8 Å². The van der Waals surface area contributed by atoms with E-state index in [2.05, 4.69) is 10.6 Å². The molecule has 0 aromatic carbocycles. The van der Waals surface area contributed by atoms with Crippen molar-refractivity contribution in [2.45, 2.75) is 20.3 Å². The van der Waals surface area contributed by atoms with Gasteiger partial charge in [0.2, 0.25) is 0 Å². The first-order valence-electron chi connectivity index (χ1n) is 4.93. The van der Waals surface area contributed by atoms with Crippen LogP contribution in [0.25, 0.3) is 0 Å². The SMILES string of the molecule is CC(C)=C(F)C(=O)NCC1CCNC1. The largest absolute Gasteiger partial charge is 0.350 e. The van der Waals surface area contributed by atoms with Gasteiger partial charge in [0, 0.05) is 6.54 Å². The molecule has 3 nitrogen and oxygen atoms in total. The zero-order valence-corrected chi connectivity index (χ0v) is 8.69. The maximum atomic E-state index is 13.0. The Labute approximate surface area is 83.8 Å². The summed E-state index contributed by atoms with van der Waals surface area (Å²) in [7, 11) is 0. The third-order valence-corrected chi connectivity index (χ3v) is 2.35. The fourth-order valence-electron chi connectivity index (χ4n) is 1.43. The van der Waals surface area contributed by atoms with E-state index in [4.69, 9.17) is 0 Å². The quantitative estimate of drug-likeness (QED) is 0.667. The third-order valence-electron chi connectivity index (χ3n) is 2.35. The molecular weight excluding hydrogens is 183 g/mol. The van der Waals surface area contributed by atoms with Gasteiger partial charge in [0.05, 0.1) is 0 Å². The Morgan fingerprint density at radius 3 is 2.79 bits per heavy atom. The van der Waals surface area contributed by atoms with Crippen molar-refractivity contribution < 1.29 is 9.18 Å². The van der Waals surface area contributed by atoms with Crippen LogP contribution in [0.3, 0.4) is 0 Å². The average Bonchev–Trinajstić information content (AvgIpc) is 2.65. The number of halogens is 1. The van der Waals surface area contributed by atoms with Crippen LogP contribution in [0, 0.1) is 5.92 Å². The topological polar surface area (TPSA) is 41.1 Å². The fraction of sp³-hybridized carbons (Fsp3) is 0.700. The van der Waals surface area contributed by atoms with Crippen LogP contribution in [-0.2, 0) is 4.79 Å². The highest BCUT2D eigenvalue weighted by atomic mass is 19.1. The maximum absolute atomic E-state index is 13.0. The van der Waals surface area contributed by atoms with E-state index >= 15 is 0 Å². The van der Waals surface area contributed by atoms with Crippen LogP contribution >= 0.6 is 0 Å². The van der Waals surface area contributed by atoms with E-state index in [1.807, 2.05) is 0 Å². The second-order valence-corrected chi connectivity index (χ2v) is 3.88. The standard InChI is InChI=1S/C10H17FN2O/c1-7(2)9(11)10(14)13-6-8-3-4-12-5-8/h8,12H,3-6H2,1-2H3,(H,13,14). The van der Waals surface area contributed by atoms with Crippen molar-refractivity contribution in [2.24, 2.45) is 5.92 Å². The predicted octanol–water partition coefficient (Wildman–Crippen LogP) is 0.976. The molecule has 1 unspecified atom stereocenters. The van der Waals surface area contributed by atoms with Gasteiger partial charge < -0.3 is 10.6 Å². The summed E-state index contributed by atoms with van der Waals surface area (Å²) < 4.78 is 13.0. The summed E-state index contributed by atoms with van der Waals surface area (Å²) in [5.41, 5.74) is 0.423. The van der Waals surface area contributed by atoms with Gasteiger partial charge in [-0.15, -0.1) is 0 Å². The van der Waals surface area contributed by atoms with Gasteiger partial charge in [-0.25, -0.2) is 4.39 Å². The van der Waals surface area contributed by atoms with Crippen LogP contribution in [0.15, 0.2) is 11.4 Å². The third kappa shape index (κ3) is 3.10. The number of nitrogens with one attached hydrogen (secondary N) is 2. The van der Waals surface area contributed by atoms with Gasteiger partial charge in [-0.2, -0.15) is 0 Å². The van der Waals surface area contributed by atoms with Crippen LogP contribution in [0.5, 0.6) is 0 Å². The summed E-state index contributed by atoms with van der Waals surface area (Å²) in [6.07, 6.45) is 1.05. The van der Waals surface area contributed by atoms with Crippen LogP contribution in [0.2, 0.25) is 0 Å². The van der Waals surface area contributed by atoms with Gasteiger partial charge in [0.15, 0.2) is 5.83 Å². The monoisotopic (exact) mass is 200 g/mol. The Kier molecular flexibility index (Phi) is 4.07. The van der Waals surface area contributed by atoms with Crippen LogP contribution in [0.4, 0.5) is 4.39 Å². The fourth-order valence-corrected chi connectivity index (χ4v) is 1.43. The van der Waals surface area contributed by atoms with Gasteiger partial charge in [-0.3, -0.25) is 4.79 Å². The van der Waals surface area contributed by atoms with Gasteiger partial charge in [0.25, 0.3) is 5.91 Å². The highest BCUT2D eigenvalue weighted by Gasteiger charge is 2.16. The smallest absolute Gasteiger partial charge is 0.279 e. The van der Waals surface area contributed by atoms with E-state index in [0.29, 0.717) is 18.0 Å². The lowest BCUT2D eigenvalue weighted by atomic mass is 10.1. The lowest BCUT2D eigenvalue weighted by molar-refractivity contribution is -0.119. The van der Waals surface area contributed by atoms with Gasteiger partial charge in [0.1, 0.15) is 0 Å². The van der Waals surface area contributed by atoms with Crippen LogP contribution in [0.1, 0.15) is 20.3 Å². The van der Waals surface area contributed by atoms with Crippen molar-refractivity contribution in [3.8, 4) is 0 Å². The summed E-state index contributed by atoms with van der Waals surface area (Å²) in [6.45, 7) is 5.65. The summed E-state index contributed by atoms with van der Waals surface area (Å²) in [5, 5.41) is 5.78. The summed E-state index contributed by atoms with van der Waals surface area (Å²) in [4.78, 5) is 11.2. The number of hydrogen-bond acceptors (Lipinski definition) is 2. The minimum absolute atomic E-state index is 0.423. The minimum Gasteiger partial charge on any atom is -0.350 e. The Balaban J connectivity index is 2.30. The number of carbonyl (C=O) groups is 1. The van der Waals surface area contributed by atoms with Crippen molar-refractivity contribution in [1.82, 2.24) is 10.6 Å². The van der Waals surface area contributed by atoms with E-state index in [9.17, 15) is 9.18 Å². The molecule has 1 heterocycles. The molecule has 1 aliphatic heterocycles. The molecule has 1 amide bonds. The van der Waals surface area contributed by atoms with Crippen molar-refractivity contribution in [3.05, 3.63) is 11.4 Å². The highest BCUT2D eigenvalue weighted by molar-refractivity contribution is 5.91. The molecule has 0 bridgehead atoms. The van der Waals surface area contributed by atoms with Gasteiger partial charge in [-0.1, -0.05) is 0 Å². The lowest BCUT2D eigenvalue weighted by Crippen LogP contribution is -2.30. The highest BCUT2D eigenvalue weighted by Crippen LogP contribution is 2.07. The van der Waals surface area contributed by atoms with Crippen LogP contribution in [-0.4, -0.2) is 25.5 Å². The van der Waals surface area contributed by atoms with E-state index < -0.39 is 11.7 Å². The van der Waals surface area contributed by atoms with E-state index in [0.717, 1.165) is 19.5 Å². The molecule has 4 heteroatoms. The number of amides is 1. The molecule has 0 aliphatic carbocycles. The molecule has 1 saturated heterocycles. The van der Waals surface area contributed by atoms with Gasteiger partial charge >= 0.3 is 0 Å². The molecule has 1 rings (SSSR count). The molecule has 0 saturated carbocycles. The number of rotatable bonds is 3. The molecule has 0 radical (unpaired) electrons. The van der Waals surface area contributed by atoms with Crippen molar-refractivity contribution >= 4 is 5.91 Å². The Morgan fingerprint density at radius 1 is 1.57 bits per heavy atom. The summed E-state index contributed by atoms with van der Waals surface area (Å²) in [6, 6.07) is 0. The molecule has 1 aliphatic rings. The molecule has 0 aromatic rings. The molecule has 1 atom stereocenters. The average molecular weight is 200 g/mol. The number of allylic oxidation sites excluding steroid dienone is 1. The van der Waals surface area contributed by atoms with Crippen molar-refractivity contribution in [1.29, 1.82) is 0 Å². The van der Waals surface area contributed by atoms with Crippen molar-refractivity contribution in [3.63, 3.8) is 0 Å². The second-order valence-electron chi connectivity index (χ2n) is 3.88. The molecule has 0 aromatic heterocycles. The Hall–Kier alpha value is -0.900. The van der Waals surface area contributed by atoms with E-state index in [1.165, 1.54) is 0 Å². The van der Waals surface area contributed by atoms with E-state index in [-0.39, 0.29) is 0 Å².